The number of aromatic nitrogens is 2. The van der Waals surface area contributed by atoms with E-state index >= 15 is 0 Å². The van der Waals surface area contributed by atoms with E-state index in [9.17, 15) is 8.42 Å². The molecule has 1 aromatic heterocycles. The molecule has 0 aliphatic carbocycles. The van der Waals surface area contributed by atoms with Gasteiger partial charge in [-0.15, -0.1) is 5.10 Å². The van der Waals surface area contributed by atoms with E-state index in [1.165, 1.54) is 6.26 Å². The van der Waals surface area contributed by atoms with Crippen molar-refractivity contribution < 1.29 is 12.8 Å². The summed E-state index contributed by atoms with van der Waals surface area (Å²) in [4.78, 5) is 0. The first-order valence-corrected chi connectivity index (χ1v) is 6.95. The molecule has 0 radical (unpaired) electrons. The lowest BCUT2D eigenvalue weighted by Crippen LogP contribution is -2.09. The van der Waals surface area contributed by atoms with Crippen molar-refractivity contribution in [1.82, 2.24) is 10.2 Å². The summed E-state index contributed by atoms with van der Waals surface area (Å²) in [6, 6.07) is -0.0418. The molecule has 0 aliphatic heterocycles. The second kappa shape index (κ2) is 5.26. The average Bonchev–Trinajstić information content (AvgIpc) is 2.59. The second-order valence-corrected chi connectivity index (χ2v) is 5.90. The molecule has 7 nitrogen and oxygen atoms in total. The third-order valence-corrected chi connectivity index (χ3v) is 2.83. The molecule has 8 heteroatoms. The molecule has 1 rings (SSSR count). The van der Waals surface area contributed by atoms with Crippen LogP contribution in [0.15, 0.2) is 4.42 Å². The van der Waals surface area contributed by atoms with Crippen LogP contribution < -0.4 is 11.1 Å². The quantitative estimate of drug-likeness (QED) is 0.678. The molecular weight excluding hydrogens is 232 g/mol. The van der Waals surface area contributed by atoms with Crippen LogP contribution in [0.25, 0.3) is 0 Å². The van der Waals surface area contributed by atoms with E-state index in [1.807, 2.05) is 0 Å². The van der Waals surface area contributed by atoms with Gasteiger partial charge in [0.1, 0.15) is 9.84 Å². The van der Waals surface area contributed by atoms with E-state index in [2.05, 4.69) is 15.5 Å². The molecule has 0 fully saturated rings. The summed E-state index contributed by atoms with van der Waals surface area (Å²) < 4.78 is 26.9. The maximum Gasteiger partial charge on any atom is 0.315 e. The fourth-order valence-electron chi connectivity index (χ4n) is 1.02. The van der Waals surface area contributed by atoms with Crippen LogP contribution in [-0.2, 0) is 9.84 Å². The Kier molecular flexibility index (Phi) is 4.25. The first-order valence-electron chi connectivity index (χ1n) is 4.89. The normalized spacial score (nSPS) is 13.7. The zero-order chi connectivity index (χ0) is 12.2. The number of nitrogens with one attached hydrogen (secondary N) is 1. The molecule has 0 aromatic carbocycles. The van der Waals surface area contributed by atoms with Gasteiger partial charge in [-0.1, -0.05) is 5.10 Å². The van der Waals surface area contributed by atoms with Gasteiger partial charge in [-0.2, -0.15) is 0 Å². The van der Waals surface area contributed by atoms with E-state index in [1.54, 1.807) is 6.92 Å². The molecule has 1 unspecified atom stereocenters. The summed E-state index contributed by atoms with van der Waals surface area (Å²) in [6.07, 6.45) is 1.70. The van der Waals surface area contributed by atoms with Gasteiger partial charge in [0, 0.05) is 12.8 Å². The third-order valence-electron chi connectivity index (χ3n) is 1.80. The Hall–Kier alpha value is -1.15. The van der Waals surface area contributed by atoms with Gasteiger partial charge in [0.2, 0.25) is 5.89 Å². The lowest BCUT2D eigenvalue weighted by Gasteiger charge is -2.00. The van der Waals surface area contributed by atoms with Gasteiger partial charge in [-0.25, -0.2) is 8.42 Å². The van der Waals surface area contributed by atoms with Gasteiger partial charge in [0.15, 0.2) is 0 Å². The second-order valence-electron chi connectivity index (χ2n) is 3.64. The van der Waals surface area contributed by atoms with Gasteiger partial charge >= 0.3 is 6.01 Å². The minimum absolute atomic E-state index is 0.133. The maximum atomic E-state index is 10.8. The van der Waals surface area contributed by atoms with Gasteiger partial charge in [0.25, 0.3) is 0 Å². The van der Waals surface area contributed by atoms with Gasteiger partial charge < -0.3 is 15.5 Å². The Balaban J connectivity index is 2.32. The average molecular weight is 248 g/mol. The number of sulfone groups is 1. The van der Waals surface area contributed by atoms with E-state index in [4.69, 9.17) is 10.2 Å². The summed E-state index contributed by atoms with van der Waals surface area (Å²) in [5.41, 5.74) is 5.54. The number of rotatable bonds is 6. The van der Waals surface area contributed by atoms with E-state index in [0.717, 1.165) is 0 Å². The predicted molar refractivity (Wildman–Crippen MR) is 59.7 cm³/mol. The fourth-order valence-corrected chi connectivity index (χ4v) is 1.69. The lowest BCUT2D eigenvalue weighted by atomic mass is 10.4. The highest BCUT2D eigenvalue weighted by Gasteiger charge is 2.09. The van der Waals surface area contributed by atoms with Crippen LogP contribution in [0.4, 0.5) is 6.01 Å². The molecule has 3 N–H and O–H groups in total. The minimum Gasteiger partial charge on any atom is -0.406 e. The molecule has 16 heavy (non-hydrogen) atoms. The van der Waals surface area contributed by atoms with Crippen LogP contribution in [0.1, 0.15) is 25.3 Å². The molecule has 0 amide bonds. The highest BCUT2D eigenvalue weighted by atomic mass is 32.2. The molecule has 0 aliphatic rings. The molecule has 0 spiro atoms. The molecule has 1 atom stereocenters. The summed E-state index contributed by atoms with van der Waals surface area (Å²) in [5, 5.41) is 10.3. The van der Waals surface area contributed by atoms with Crippen molar-refractivity contribution in [3.05, 3.63) is 5.89 Å². The number of hydrogen-bond donors (Lipinski definition) is 2. The molecule has 92 valence electrons. The van der Waals surface area contributed by atoms with E-state index < -0.39 is 9.84 Å². The van der Waals surface area contributed by atoms with Gasteiger partial charge in [-0.05, 0) is 13.3 Å². The van der Waals surface area contributed by atoms with Crippen molar-refractivity contribution in [2.24, 2.45) is 5.73 Å². The highest BCUT2D eigenvalue weighted by molar-refractivity contribution is 7.90. The van der Waals surface area contributed by atoms with E-state index in [-0.39, 0.29) is 17.8 Å². The van der Waals surface area contributed by atoms with Crippen molar-refractivity contribution in [3.63, 3.8) is 0 Å². The first-order chi connectivity index (χ1) is 7.38. The summed E-state index contributed by atoms with van der Waals surface area (Å²) in [6.45, 7) is 2.20. The Bertz CT molecular complexity index is 426. The number of nitrogens with zero attached hydrogens (tertiary/aromatic N) is 2. The fraction of sp³-hybridized carbons (Fsp3) is 0.750. The lowest BCUT2D eigenvalue weighted by molar-refractivity contribution is 0.472. The summed E-state index contributed by atoms with van der Waals surface area (Å²) in [5.74, 6) is 0.486. The molecule has 0 saturated heterocycles. The Morgan fingerprint density at radius 3 is 2.69 bits per heavy atom. The zero-order valence-electron chi connectivity index (χ0n) is 9.30. The monoisotopic (exact) mass is 248 g/mol. The SMILES string of the molecule is CC(N)c1nnc(NCCCS(C)(=O)=O)o1. The Labute approximate surface area is 94.3 Å². The largest absolute Gasteiger partial charge is 0.406 e. The number of nitrogens with two attached hydrogens (primary N) is 1. The van der Waals surface area contributed by atoms with Crippen molar-refractivity contribution in [1.29, 1.82) is 0 Å². The van der Waals surface area contributed by atoms with Crippen molar-refractivity contribution in [3.8, 4) is 0 Å². The van der Waals surface area contributed by atoms with Crippen LogP contribution in [0.3, 0.4) is 0 Å². The van der Waals surface area contributed by atoms with Gasteiger partial charge in [-0.3, -0.25) is 0 Å². The van der Waals surface area contributed by atoms with Gasteiger partial charge in [0.05, 0.1) is 11.8 Å². The topological polar surface area (TPSA) is 111 Å². The summed E-state index contributed by atoms with van der Waals surface area (Å²) in [7, 11) is -2.91. The molecule has 0 saturated carbocycles. The Morgan fingerprint density at radius 2 is 2.19 bits per heavy atom. The minimum atomic E-state index is -2.91. The van der Waals surface area contributed by atoms with Crippen LogP contribution in [0, 0.1) is 0 Å². The molecule has 0 bridgehead atoms. The maximum absolute atomic E-state index is 10.8. The first kappa shape index (κ1) is 12.9. The zero-order valence-corrected chi connectivity index (χ0v) is 10.1. The third kappa shape index (κ3) is 4.58. The van der Waals surface area contributed by atoms with Crippen LogP contribution in [-0.4, -0.2) is 37.2 Å². The standard InChI is InChI=1S/C8H16N4O3S/c1-6(9)7-11-12-8(15-7)10-4-3-5-16(2,13)14/h6H,3-5,9H2,1-2H3,(H,10,12). The molecular formula is C8H16N4O3S. The number of anilines is 1. The Morgan fingerprint density at radius 1 is 1.50 bits per heavy atom. The number of hydrogen-bond acceptors (Lipinski definition) is 7. The van der Waals surface area contributed by atoms with Crippen LogP contribution >= 0.6 is 0 Å². The van der Waals surface area contributed by atoms with Crippen LogP contribution in [0.5, 0.6) is 0 Å². The highest BCUT2D eigenvalue weighted by Crippen LogP contribution is 2.10. The molecule has 1 heterocycles. The van der Waals surface area contributed by atoms with Crippen LogP contribution in [0.2, 0.25) is 0 Å². The summed E-state index contributed by atoms with van der Waals surface area (Å²) >= 11 is 0. The predicted octanol–water partition coefficient (Wildman–Crippen LogP) is -0.0641. The smallest absolute Gasteiger partial charge is 0.315 e. The molecule has 1 aromatic rings. The van der Waals surface area contributed by atoms with Crippen molar-refractivity contribution >= 4 is 15.9 Å². The van der Waals surface area contributed by atoms with Crippen molar-refractivity contribution in [2.45, 2.75) is 19.4 Å². The van der Waals surface area contributed by atoms with E-state index in [0.29, 0.717) is 18.9 Å². The van der Waals surface area contributed by atoms with Crippen molar-refractivity contribution in [2.75, 3.05) is 23.9 Å².